The molecule has 10 heavy (non-hydrogen) atoms. The van der Waals surface area contributed by atoms with E-state index in [0.717, 1.165) is 19.3 Å². The molecule has 0 amide bonds. The fourth-order valence-electron chi connectivity index (χ4n) is 1.14. The van der Waals surface area contributed by atoms with Gasteiger partial charge in [0.1, 0.15) is 0 Å². The van der Waals surface area contributed by atoms with Crippen molar-refractivity contribution in [3.8, 4) is 0 Å². The molecule has 0 spiro atoms. The summed E-state index contributed by atoms with van der Waals surface area (Å²) < 4.78 is 24.6. The summed E-state index contributed by atoms with van der Waals surface area (Å²) in [5, 5.41) is 0. The first kappa shape index (κ1) is 7.66. The molecule has 0 aliphatic heterocycles. The van der Waals surface area contributed by atoms with Crippen LogP contribution in [0, 0.1) is 0 Å². The molecule has 0 aromatic rings. The Labute approximate surface area is 58.9 Å². The molecule has 0 unspecified atom stereocenters. The van der Waals surface area contributed by atoms with Crippen LogP contribution in [0.4, 0.5) is 8.78 Å². The van der Waals surface area contributed by atoms with Crippen LogP contribution in [0.1, 0.15) is 25.7 Å². The average molecular weight is 147 g/mol. The molecule has 2 N–H and O–H groups in total. The zero-order valence-corrected chi connectivity index (χ0v) is 5.74. The summed E-state index contributed by atoms with van der Waals surface area (Å²) in [5.41, 5.74) is 4.72. The van der Waals surface area contributed by atoms with Gasteiger partial charge in [0.05, 0.1) is 0 Å². The second-order valence-electron chi connectivity index (χ2n) is 2.60. The van der Waals surface area contributed by atoms with E-state index in [1.165, 1.54) is 0 Å². The van der Waals surface area contributed by atoms with Gasteiger partial charge in [-0.25, -0.2) is 0 Å². The van der Waals surface area contributed by atoms with E-state index in [1.807, 2.05) is 0 Å². The van der Waals surface area contributed by atoms with E-state index in [-0.39, 0.29) is 5.57 Å². The van der Waals surface area contributed by atoms with Crippen LogP contribution in [0.25, 0.3) is 0 Å². The second-order valence-corrected chi connectivity index (χ2v) is 2.60. The molecule has 1 rings (SSSR count). The van der Waals surface area contributed by atoms with E-state index in [2.05, 4.69) is 5.73 Å². The molecule has 0 heterocycles. The van der Waals surface area contributed by atoms with Crippen molar-refractivity contribution in [3.05, 3.63) is 11.6 Å². The highest BCUT2D eigenvalue weighted by atomic mass is 19.3. The molecular formula is C7H11F2N. The van der Waals surface area contributed by atoms with Gasteiger partial charge in [-0.2, -0.15) is 8.78 Å². The molecule has 1 nitrogen and oxygen atoms in total. The fourth-order valence-corrected chi connectivity index (χ4v) is 1.14. The van der Waals surface area contributed by atoms with E-state index in [0.29, 0.717) is 6.42 Å². The van der Waals surface area contributed by atoms with E-state index in [9.17, 15) is 8.78 Å². The SMILES string of the molecule is NC(F)(F)C1=CCCCC1. The first-order valence-corrected chi connectivity index (χ1v) is 3.47. The van der Waals surface area contributed by atoms with Gasteiger partial charge in [0.15, 0.2) is 0 Å². The van der Waals surface area contributed by atoms with Gasteiger partial charge in [-0.15, -0.1) is 0 Å². The topological polar surface area (TPSA) is 26.0 Å². The third-order valence-electron chi connectivity index (χ3n) is 1.72. The normalized spacial score (nSPS) is 20.5. The number of hydrogen-bond donors (Lipinski definition) is 1. The summed E-state index contributed by atoms with van der Waals surface area (Å²) in [5.74, 6) is 0. The van der Waals surface area contributed by atoms with Crippen molar-refractivity contribution in [2.24, 2.45) is 5.73 Å². The molecule has 0 radical (unpaired) electrons. The van der Waals surface area contributed by atoms with Gasteiger partial charge < -0.3 is 0 Å². The van der Waals surface area contributed by atoms with E-state index < -0.39 is 6.05 Å². The maximum Gasteiger partial charge on any atom is 0.322 e. The lowest BCUT2D eigenvalue weighted by Gasteiger charge is -2.17. The number of hydrogen-bond acceptors (Lipinski definition) is 1. The summed E-state index contributed by atoms with van der Waals surface area (Å²) in [6, 6.07) is -3.07. The van der Waals surface area contributed by atoms with Crippen LogP contribution in [0.5, 0.6) is 0 Å². The van der Waals surface area contributed by atoms with Crippen LogP contribution < -0.4 is 5.73 Å². The largest absolute Gasteiger partial charge is 0.322 e. The van der Waals surface area contributed by atoms with Gasteiger partial charge in [0.25, 0.3) is 0 Å². The highest BCUT2D eigenvalue weighted by Gasteiger charge is 2.28. The van der Waals surface area contributed by atoms with Crippen molar-refractivity contribution in [3.63, 3.8) is 0 Å². The van der Waals surface area contributed by atoms with Gasteiger partial charge >= 0.3 is 6.05 Å². The fraction of sp³-hybridized carbons (Fsp3) is 0.714. The Kier molecular flexibility index (Phi) is 2.04. The summed E-state index contributed by atoms with van der Waals surface area (Å²) in [6.07, 6.45) is 4.63. The number of nitrogens with two attached hydrogens (primary N) is 1. The maximum absolute atomic E-state index is 12.3. The van der Waals surface area contributed by atoms with Crippen LogP contribution in [0.3, 0.4) is 0 Å². The molecule has 0 saturated carbocycles. The number of alkyl halides is 2. The van der Waals surface area contributed by atoms with Crippen molar-refractivity contribution in [2.45, 2.75) is 31.7 Å². The summed E-state index contributed by atoms with van der Waals surface area (Å²) in [7, 11) is 0. The Morgan fingerprint density at radius 2 is 2.10 bits per heavy atom. The van der Waals surface area contributed by atoms with Crippen molar-refractivity contribution in [1.29, 1.82) is 0 Å². The number of rotatable bonds is 1. The molecule has 0 saturated heterocycles. The Hall–Kier alpha value is -0.440. The third-order valence-corrected chi connectivity index (χ3v) is 1.72. The molecular weight excluding hydrogens is 136 g/mol. The molecule has 0 fully saturated rings. The standard InChI is InChI=1S/C7H11F2N/c8-7(9,10)6-4-2-1-3-5-6/h4H,1-3,5,10H2. The zero-order chi connectivity index (χ0) is 7.61. The molecule has 1 aliphatic carbocycles. The van der Waals surface area contributed by atoms with Crippen LogP contribution in [0.2, 0.25) is 0 Å². The minimum atomic E-state index is -3.07. The number of halogens is 2. The van der Waals surface area contributed by atoms with E-state index in [4.69, 9.17) is 0 Å². The minimum absolute atomic E-state index is 0.110. The number of allylic oxidation sites excluding steroid dienone is 1. The Morgan fingerprint density at radius 1 is 1.40 bits per heavy atom. The first-order valence-electron chi connectivity index (χ1n) is 3.47. The highest BCUT2D eigenvalue weighted by molar-refractivity contribution is 5.12. The lowest BCUT2D eigenvalue weighted by Crippen LogP contribution is -2.31. The second kappa shape index (κ2) is 2.66. The molecule has 0 aromatic carbocycles. The molecule has 0 bridgehead atoms. The summed E-state index contributed by atoms with van der Waals surface area (Å²) in [4.78, 5) is 0. The predicted molar refractivity (Wildman–Crippen MR) is 35.7 cm³/mol. The van der Waals surface area contributed by atoms with Gasteiger partial charge in [0.2, 0.25) is 0 Å². The van der Waals surface area contributed by atoms with Gasteiger partial charge in [0, 0.05) is 5.57 Å². The monoisotopic (exact) mass is 147 g/mol. The average Bonchev–Trinajstić information content (AvgIpc) is 1.88. The summed E-state index contributed by atoms with van der Waals surface area (Å²) >= 11 is 0. The molecule has 3 heteroatoms. The predicted octanol–water partition coefficient (Wildman–Crippen LogP) is 2.04. The Morgan fingerprint density at radius 3 is 2.40 bits per heavy atom. The van der Waals surface area contributed by atoms with E-state index >= 15 is 0 Å². The van der Waals surface area contributed by atoms with Crippen LogP contribution in [0.15, 0.2) is 11.6 Å². The van der Waals surface area contributed by atoms with Gasteiger partial charge in [-0.05, 0) is 25.7 Å². The third kappa shape index (κ3) is 1.77. The van der Waals surface area contributed by atoms with Crippen molar-refractivity contribution in [1.82, 2.24) is 0 Å². The van der Waals surface area contributed by atoms with Crippen LogP contribution in [-0.2, 0) is 0 Å². The molecule has 0 aromatic heterocycles. The van der Waals surface area contributed by atoms with Gasteiger partial charge in [-0.1, -0.05) is 6.08 Å². The first-order chi connectivity index (χ1) is 4.61. The van der Waals surface area contributed by atoms with Crippen LogP contribution in [-0.4, -0.2) is 6.05 Å². The Balaban J connectivity index is 2.62. The van der Waals surface area contributed by atoms with Crippen molar-refractivity contribution < 1.29 is 8.78 Å². The van der Waals surface area contributed by atoms with Crippen molar-refractivity contribution in [2.75, 3.05) is 0 Å². The van der Waals surface area contributed by atoms with Crippen molar-refractivity contribution >= 4 is 0 Å². The maximum atomic E-state index is 12.3. The Bertz CT molecular complexity index is 146. The van der Waals surface area contributed by atoms with E-state index in [1.54, 1.807) is 6.08 Å². The minimum Gasteiger partial charge on any atom is -0.268 e. The molecule has 1 aliphatic rings. The molecule has 58 valence electrons. The molecule has 0 atom stereocenters. The van der Waals surface area contributed by atoms with Gasteiger partial charge in [-0.3, -0.25) is 5.73 Å². The zero-order valence-electron chi connectivity index (χ0n) is 5.74. The quantitative estimate of drug-likeness (QED) is 0.445. The summed E-state index contributed by atoms with van der Waals surface area (Å²) in [6.45, 7) is 0. The van der Waals surface area contributed by atoms with Crippen LogP contribution >= 0.6 is 0 Å². The lowest BCUT2D eigenvalue weighted by molar-refractivity contribution is 0.0437. The lowest BCUT2D eigenvalue weighted by atomic mass is 9.98. The smallest absolute Gasteiger partial charge is 0.268 e. The highest BCUT2D eigenvalue weighted by Crippen LogP contribution is 2.27.